The van der Waals surface area contributed by atoms with Crippen LogP contribution in [0.25, 0.3) is 22.2 Å². The molecule has 0 spiro atoms. The Morgan fingerprint density at radius 3 is 2.35 bits per heavy atom. The Morgan fingerprint density at radius 1 is 0.900 bits per heavy atom. The topological polar surface area (TPSA) is 73.4 Å². The van der Waals surface area contributed by atoms with Crippen LogP contribution in [0.15, 0.2) is 66.0 Å². The molecule has 2 aromatic heterocycles. The highest BCUT2D eigenvalue weighted by Gasteiger charge is 2.43. The van der Waals surface area contributed by atoms with Gasteiger partial charge in [-0.1, -0.05) is 23.3 Å². The van der Waals surface area contributed by atoms with Gasteiger partial charge in [0.15, 0.2) is 0 Å². The number of unbranched alkanes of at least 4 members (excludes halogenated alkanes) is 1. The Hall–Kier alpha value is -3.77. The zero-order valence-electron chi connectivity index (χ0n) is 24.5. The molecule has 0 atom stereocenters. The number of rotatable bonds is 11. The summed E-state index contributed by atoms with van der Waals surface area (Å²) in [5.41, 5.74) is 9.88. The van der Waals surface area contributed by atoms with Crippen LogP contribution in [0.4, 0.5) is 0 Å². The molecule has 40 heavy (non-hydrogen) atoms. The largest absolute Gasteiger partial charge is 0.354 e. The lowest BCUT2D eigenvalue weighted by atomic mass is 9.83. The highest BCUT2D eigenvalue weighted by Crippen LogP contribution is 2.36. The number of aromatic nitrogens is 2. The zero-order valence-corrected chi connectivity index (χ0v) is 24.5. The molecule has 0 aliphatic carbocycles. The third-order valence-corrected chi connectivity index (χ3v) is 7.94. The van der Waals surface area contributed by atoms with Crippen LogP contribution in [-0.2, 0) is 17.6 Å². The second kappa shape index (κ2) is 11.8. The van der Waals surface area contributed by atoms with Crippen LogP contribution in [0.5, 0.6) is 0 Å². The van der Waals surface area contributed by atoms with E-state index in [4.69, 9.17) is 5.10 Å². The molecule has 6 heteroatoms. The van der Waals surface area contributed by atoms with Gasteiger partial charge in [0.05, 0.1) is 11.1 Å². The molecule has 1 amide bonds. The SMILES string of the molecule is CCN1N=C(c2ccc3[nH]c(-c4cc(C)cc(C)c4)c(CCNCCCCc4ccncc4)c3c2)C(C)(C)C1=O. The van der Waals surface area contributed by atoms with Gasteiger partial charge in [-0.3, -0.25) is 9.78 Å². The molecular formula is C34H41N5O. The number of amides is 1. The summed E-state index contributed by atoms with van der Waals surface area (Å²) in [4.78, 5) is 20.8. The molecule has 0 fully saturated rings. The summed E-state index contributed by atoms with van der Waals surface area (Å²) in [6.45, 7) is 12.7. The number of aromatic amines is 1. The van der Waals surface area contributed by atoms with Crippen molar-refractivity contribution >= 4 is 22.5 Å². The quantitative estimate of drug-likeness (QED) is 0.213. The minimum Gasteiger partial charge on any atom is -0.354 e. The van der Waals surface area contributed by atoms with Gasteiger partial charge in [-0.05, 0) is 132 Å². The Bertz CT molecular complexity index is 1510. The van der Waals surface area contributed by atoms with Gasteiger partial charge in [0.2, 0.25) is 0 Å². The average molecular weight is 536 g/mol. The van der Waals surface area contributed by atoms with Crippen LogP contribution < -0.4 is 5.32 Å². The van der Waals surface area contributed by atoms with Gasteiger partial charge in [-0.15, -0.1) is 0 Å². The minimum atomic E-state index is -0.644. The summed E-state index contributed by atoms with van der Waals surface area (Å²) < 4.78 is 0. The van der Waals surface area contributed by atoms with E-state index in [1.165, 1.54) is 38.9 Å². The van der Waals surface area contributed by atoms with E-state index in [9.17, 15) is 4.79 Å². The van der Waals surface area contributed by atoms with Crippen molar-refractivity contribution in [2.75, 3.05) is 19.6 Å². The van der Waals surface area contributed by atoms with Crippen molar-refractivity contribution in [3.8, 4) is 11.3 Å². The van der Waals surface area contributed by atoms with Crippen molar-refractivity contribution in [2.24, 2.45) is 10.5 Å². The predicted molar refractivity (Wildman–Crippen MR) is 165 cm³/mol. The number of H-pyrrole nitrogens is 1. The molecule has 0 radical (unpaired) electrons. The number of pyridine rings is 1. The van der Waals surface area contributed by atoms with Crippen molar-refractivity contribution in [3.05, 3.63) is 88.7 Å². The lowest BCUT2D eigenvalue weighted by Gasteiger charge is -2.19. The number of nitrogens with one attached hydrogen (secondary N) is 2. The average Bonchev–Trinajstić information content (AvgIpc) is 3.41. The number of hydrogen-bond donors (Lipinski definition) is 2. The lowest BCUT2D eigenvalue weighted by Crippen LogP contribution is -2.34. The van der Waals surface area contributed by atoms with E-state index in [-0.39, 0.29) is 5.91 Å². The van der Waals surface area contributed by atoms with Crippen molar-refractivity contribution in [1.29, 1.82) is 0 Å². The Labute approximate surface area is 237 Å². The maximum absolute atomic E-state index is 12.9. The Balaban J connectivity index is 1.39. The summed E-state index contributed by atoms with van der Waals surface area (Å²) in [6.07, 6.45) is 8.03. The number of carbonyl (C=O) groups excluding carboxylic acids is 1. The van der Waals surface area contributed by atoms with Crippen molar-refractivity contribution in [1.82, 2.24) is 20.3 Å². The first-order valence-corrected chi connectivity index (χ1v) is 14.5. The van der Waals surface area contributed by atoms with E-state index in [0.717, 1.165) is 55.6 Å². The molecule has 4 aromatic rings. The Kier molecular flexibility index (Phi) is 8.17. The van der Waals surface area contributed by atoms with Crippen molar-refractivity contribution < 1.29 is 4.79 Å². The second-order valence-electron chi connectivity index (χ2n) is 11.5. The number of carbonyl (C=O) groups is 1. The van der Waals surface area contributed by atoms with Crippen LogP contribution in [0.2, 0.25) is 0 Å². The van der Waals surface area contributed by atoms with Gasteiger partial charge < -0.3 is 10.3 Å². The van der Waals surface area contributed by atoms with Crippen molar-refractivity contribution in [2.45, 2.75) is 60.3 Å². The molecule has 2 N–H and O–H groups in total. The first kappa shape index (κ1) is 27.8. The molecule has 5 rings (SSSR count). The molecule has 0 bridgehead atoms. The molecule has 6 nitrogen and oxygen atoms in total. The number of nitrogens with zero attached hydrogens (tertiary/aromatic N) is 3. The third-order valence-electron chi connectivity index (χ3n) is 7.94. The van der Waals surface area contributed by atoms with Gasteiger partial charge in [0.1, 0.15) is 0 Å². The first-order chi connectivity index (χ1) is 19.3. The smallest absolute Gasteiger partial charge is 0.254 e. The summed E-state index contributed by atoms with van der Waals surface area (Å²) in [6, 6.07) is 17.4. The highest BCUT2D eigenvalue weighted by atomic mass is 16.2. The fourth-order valence-electron chi connectivity index (χ4n) is 5.84. The standard InChI is InChI=1S/C34H41N5O/c1-6-39-33(40)34(4,5)32(38-39)26-10-11-30-29(22-26)28(31(37-30)27-20-23(2)19-24(3)21-27)14-18-35-15-8-7-9-25-12-16-36-17-13-25/h10-13,16-17,19-22,35,37H,6-9,14-15,18H2,1-5H3. The monoisotopic (exact) mass is 535 g/mol. The predicted octanol–water partition coefficient (Wildman–Crippen LogP) is 6.59. The number of hydrazone groups is 1. The summed E-state index contributed by atoms with van der Waals surface area (Å²) in [5, 5.41) is 11.2. The molecule has 3 heterocycles. The second-order valence-corrected chi connectivity index (χ2v) is 11.5. The van der Waals surface area contributed by atoms with Crippen LogP contribution >= 0.6 is 0 Å². The van der Waals surface area contributed by atoms with E-state index in [1.807, 2.05) is 33.2 Å². The normalized spacial score (nSPS) is 14.8. The number of aryl methyl sites for hydroxylation is 3. The number of hydrogen-bond acceptors (Lipinski definition) is 4. The molecule has 0 unspecified atom stereocenters. The minimum absolute atomic E-state index is 0.0587. The summed E-state index contributed by atoms with van der Waals surface area (Å²) >= 11 is 0. The Morgan fingerprint density at radius 2 is 1.65 bits per heavy atom. The van der Waals surface area contributed by atoms with E-state index in [0.29, 0.717) is 6.54 Å². The summed E-state index contributed by atoms with van der Waals surface area (Å²) in [7, 11) is 0. The zero-order chi connectivity index (χ0) is 28.3. The molecule has 0 saturated heterocycles. The lowest BCUT2D eigenvalue weighted by molar-refractivity contribution is -0.134. The van der Waals surface area contributed by atoms with Gasteiger partial charge >= 0.3 is 0 Å². The van der Waals surface area contributed by atoms with Crippen molar-refractivity contribution in [3.63, 3.8) is 0 Å². The third kappa shape index (κ3) is 5.73. The first-order valence-electron chi connectivity index (χ1n) is 14.5. The number of benzene rings is 2. The van der Waals surface area contributed by atoms with E-state index < -0.39 is 5.41 Å². The van der Waals surface area contributed by atoms with Gasteiger partial charge in [-0.25, -0.2) is 5.01 Å². The van der Waals surface area contributed by atoms with E-state index >= 15 is 0 Å². The van der Waals surface area contributed by atoms with Crippen LogP contribution in [0, 0.1) is 19.3 Å². The van der Waals surface area contributed by atoms with Gasteiger partial charge in [0.25, 0.3) is 5.91 Å². The highest BCUT2D eigenvalue weighted by molar-refractivity contribution is 6.20. The fourth-order valence-corrected chi connectivity index (χ4v) is 5.84. The molecule has 208 valence electrons. The van der Waals surface area contributed by atoms with E-state index in [2.05, 4.69) is 77.7 Å². The molecule has 0 saturated carbocycles. The maximum Gasteiger partial charge on any atom is 0.254 e. The molecule has 1 aliphatic rings. The van der Waals surface area contributed by atoms with Gasteiger partial charge in [-0.2, -0.15) is 5.10 Å². The van der Waals surface area contributed by atoms with Crippen LogP contribution in [0.1, 0.15) is 61.4 Å². The molecule has 1 aliphatic heterocycles. The van der Waals surface area contributed by atoms with Gasteiger partial charge in [0, 0.05) is 35.5 Å². The maximum atomic E-state index is 12.9. The fraction of sp³-hybridized carbons (Fsp3) is 0.382. The number of fused-ring (bicyclic) bond motifs is 1. The van der Waals surface area contributed by atoms with Crippen LogP contribution in [-0.4, -0.2) is 46.2 Å². The summed E-state index contributed by atoms with van der Waals surface area (Å²) in [5.74, 6) is 0.0587. The molecular weight excluding hydrogens is 494 g/mol. The van der Waals surface area contributed by atoms with Crippen LogP contribution in [0.3, 0.4) is 0 Å². The molecule has 2 aromatic carbocycles. The van der Waals surface area contributed by atoms with E-state index in [1.54, 1.807) is 5.01 Å².